The first-order valence-corrected chi connectivity index (χ1v) is 3.72. The van der Waals surface area contributed by atoms with Crippen LogP contribution in [0.5, 0.6) is 0 Å². The average molecular weight is 192 g/mol. The highest BCUT2D eigenvalue weighted by atomic mass is 19.1. The van der Waals surface area contributed by atoms with E-state index in [0.29, 0.717) is 5.56 Å². The summed E-state index contributed by atoms with van der Waals surface area (Å²) in [6.45, 7) is 0. The van der Waals surface area contributed by atoms with Crippen molar-refractivity contribution in [2.45, 2.75) is 6.42 Å². The van der Waals surface area contributed by atoms with Crippen LogP contribution in [0, 0.1) is 22.1 Å². The molecule has 0 radical (unpaired) electrons. The Morgan fingerprint density at radius 3 is 2.86 bits per heavy atom. The van der Waals surface area contributed by atoms with Crippen molar-refractivity contribution in [3.8, 4) is 6.07 Å². The Morgan fingerprint density at radius 1 is 1.57 bits per heavy atom. The summed E-state index contributed by atoms with van der Waals surface area (Å²) >= 11 is 0. The average Bonchev–Trinajstić information content (AvgIpc) is 2.20. The van der Waals surface area contributed by atoms with Gasteiger partial charge in [0.25, 0.3) is 5.91 Å². The normalized spacial score (nSPS) is 9.14. The number of nitroso groups, excluding NO2 is 1. The van der Waals surface area contributed by atoms with Crippen LogP contribution in [0.2, 0.25) is 0 Å². The first-order chi connectivity index (χ1) is 6.67. The molecule has 0 saturated carbocycles. The van der Waals surface area contributed by atoms with Crippen molar-refractivity contribution in [2.24, 2.45) is 5.18 Å². The Kier molecular flexibility index (Phi) is 3.02. The lowest BCUT2D eigenvalue weighted by molar-refractivity contribution is -0.117. The Balaban J connectivity index is 2.96. The minimum absolute atomic E-state index is 0.152. The first-order valence-electron chi connectivity index (χ1n) is 3.72. The van der Waals surface area contributed by atoms with Gasteiger partial charge in [-0.15, -0.1) is 4.91 Å². The number of amides is 1. The van der Waals surface area contributed by atoms with E-state index in [1.54, 1.807) is 6.07 Å². The molecule has 0 unspecified atom stereocenters. The second-order valence-electron chi connectivity index (χ2n) is 2.59. The van der Waals surface area contributed by atoms with E-state index in [9.17, 15) is 14.1 Å². The van der Waals surface area contributed by atoms with Gasteiger partial charge in [-0.3, -0.25) is 4.79 Å². The summed E-state index contributed by atoms with van der Waals surface area (Å²) in [5, 5.41) is 10.7. The van der Waals surface area contributed by atoms with Gasteiger partial charge in [0.15, 0.2) is 0 Å². The van der Waals surface area contributed by atoms with Crippen LogP contribution in [0.1, 0.15) is 11.1 Å². The molecule has 5 heteroatoms. The third-order valence-electron chi connectivity index (χ3n) is 1.61. The molecule has 0 aliphatic rings. The highest BCUT2D eigenvalue weighted by Crippen LogP contribution is 2.10. The smallest absolute Gasteiger partial charge is 0.269 e. The Bertz CT molecular complexity index is 423. The number of hydrogen-bond donors (Lipinski definition) is 0. The van der Waals surface area contributed by atoms with Gasteiger partial charge in [-0.2, -0.15) is 5.26 Å². The van der Waals surface area contributed by atoms with Crippen molar-refractivity contribution in [2.75, 3.05) is 0 Å². The van der Waals surface area contributed by atoms with Gasteiger partial charge in [0.2, 0.25) is 0 Å². The fraction of sp³-hybridized carbons (Fsp3) is 0.111. The van der Waals surface area contributed by atoms with Gasteiger partial charge in [0.1, 0.15) is 11.9 Å². The van der Waals surface area contributed by atoms with Gasteiger partial charge in [0.05, 0.1) is 12.0 Å². The highest BCUT2D eigenvalue weighted by Gasteiger charge is 2.06. The van der Waals surface area contributed by atoms with Crippen LogP contribution in [0.3, 0.4) is 0 Å². The summed E-state index contributed by atoms with van der Waals surface area (Å²) in [6.07, 6.45) is -0.210. The number of halogens is 1. The van der Waals surface area contributed by atoms with Crippen LogP contribution < -0.4 is 0 Å². The predicted molar refractivity (Wildman–Crippen MR) is 45.6 cm³/mol. The number of nitrogens with zero attached hydrogens (tertiary/aromatic N) is 2. The number of rotatable bonds is 2. The number of carbonyl (C=O) groups excluding carboxylic acids is 1. The number of hydrogen-bond acceptors (Lipinski definition) is 3. The van der Waals surface area contributed by atoms with Crippen LogP contribution in [-0.4, -0.2) is 5.91 Å². The van der Waals surface area contributed by atoms with Crippen LogP contribution in [0.4, 0.5) is 4.39 Å². The molecule has 1 amide bonds. The fourth-order valence-corrected chi connectivity index (χ4v) is 0.975. The van der Waals surface area contributed by atoms with E-state index >= 15 is 0 Å². The molecule has 0 aromatic heterocycles. The van der Waals surface area contributed by atoms with E-state index in [4.69, 9.17) is 5.26 Å². The minimum Gasteiger partial charge on any atom is -0.269 e. The maximum atomic E-state index is 12.8. The van der Waals surface area contributed by atoms with Gasteiger partial charge in [-0.1, -0.05) is 6.07 Å². The van der Waals surface area contributed by atoms with Crippen molar-refractivity contribution >= 4 is 5.91 Å². The van der Waals surface area contributed by atoms with Crippen molar-refractivity contribution in [1.29, 1.82) is 5.26 Å². The van der Waals surface area contributed by atoms with Gasteiger partial charge < -0.3 is 0 Å². The molecule has 4 nitrogen and oxygen atoms in total. The largest absolute Gasteiger partial charge is 0.290 e. The third kappa shape index (κ3) is 2.20. The van der Waals surface area contributed by atoms with Crippen molar-refractivity contribution in [3.05, 3.63) is 40.1 Å². The van der Waals surface area contributed by atoms with E-state index in [-0.39, 0.29) is 12.0 Å². The van der Waals surface area contributed by atoms with Crippen molar-refractivity contribution < 1.29 is 9.18 Å². The van der Waals surface area contributed by atoms with Gasteiger partial charge in [-0.05, 0) is 17.7 Å². The molecule has 0 spiro atoms. The molecular weight excluding hydrogens is 187 g/mol. The van der Waals surface area contributed by atoms with Gasteiger partial charge in [-0.25, -0.2) is 4.39 Å². The van der Waals surface area contributed by atoms with Gasteiger partial charge in [0, 0.05) is 5.18 Å². The summed E-state index contributed by atoms with van der Waals surface area (Å²) in [5.41, 5.74) is 0.244. The van der Waals surface area contributed by atoms with Crippen molar-refractivity contribution in [3.63, 3.8) is 0 Å². The molecule has 0 heterocycles. The summed E-state index contributed by atoms with van der Waals surface area (Å²) in [6, 6.07) is 5.26. The number of benzene rings is 1. The molecule has 0 saturated heterocycles. The van der Waals surface area contributed by atoms with Crippen molar-refractivity contribution in [1.82, 2.24) is 0 Å². The summed E-state index contributed by atoms with van der Waals surface area (Å²) in [4.78, 5) is 20.4. The molecule has 0 aliphatic heterocycles. The fourth-order valence-electron chi connectivity index (χ4n) is 0.975. The molecular formula is C9H5FN2O2. The lowest BCUT2D eigenvalue weighted by Gasteiger charge is -1.97. The van der Waals surface area contributed by atoms with E-state index in [0.717, 1.165) is 6.07 Å². The second kappa shape index (κ2) is 4.23. The lowest BCUT2D eigenvalue weighted by Crippen LogP contribution is -1.98. The third-order valence-corrected chi connectivity index (χ3v) is 1.61. The Hall–Kier alpha value is -2.09. The quantitative estimate of drug-likeness (QED) is 0.667. The van der Waals surface area contributed by atoms with Crippen LogP contribution in [0.25, 0.3) is 0 Å². The highest BCUT2D eigenvalue weighted by molar-refractivity contribution is 5.79. The monoisotopic (exact) mass is 192 g/mol. The van der Waals surface area contributed by atoms with Crippen LogP contribution >= 0.6 is 0 Å². The standard InChI is InChI=1S/C9H5FN2O2/c10-8-2-1-6(3-7(8)5-11)4-9(13)12-14/h1-3H,4H2. The molecule has 14 heavy (non-hydrogen) atoms. The zero-order valence-corrected chi connectivity index (χ0v) is 7.03. The molecule has 0 aliphatic carbocycles. The Morgan fingerprint density at radius 2 is 2.29 bits per heavy atom. The van der Waals surface area contributed by atoms with E-state index in [1.807, 2.05) is 0 Å². The SMILES string of the molecule is N#Cc1cc(CC(=O)N=O)ccc1F. The zero-order chi connectivity index (χ0) is 10.6. The molecule has 70 valence electrons. The molecule has 1 aromatic rings. The second-order valence-corrected chi connectivity index (χ2v) is 2.59. The maximum Gasteiger partial charge on any atom is 0.290 e. The first kappa shape index (κ1) is 9.99. The number of carbonyl (C=O) groups is 1. The topological polar surface area (TPSA) is 70.3 Å². The molecule has 1 rings (SSSR count). The molecule has 0 atom stereocenters. The van der Waals surface area contributed by atoms with E-state index in [2.05, 4.69) is 5.18 Å². The van der Waals surface area contributed by atoms with E-state index in [1.165, 1.54) is 12.1 Å². The van der Waals surface area contributed by atoms with E-state index < -0.39 is 11.7 Å². The minimum atomic E-state index is -0.847. The summed E-state index contributed by atoms with van der Waals surface area (Å²) in [7, 11) is 0. The molecule has 0 N–H and O–H groups in total. The lowest BCUT2D eigenvalue weighted by atomic mass is 10.1. The zero-order valence-electron chi connectivity index (χ0n) is 7.03. The summed E-state index contributed by atoms with van der Waals surface area (Å²) < 4.78 is 12.8. The molecule has 0 fully saturated rings. The van der Waals surface area contributed by atoms with Crippen LogP contribution in [-0.2, 0) is 11.2 Å². The molecule has 0 bridgehead atoms. The number of nitriles is 1. The Labute approximate surface area is 78.9 Å². The molecule has 1 aromatic carbocycles. The predicted octanol–water partition coefficient (Wildman–Crippen LogP) is 1.53. The maximum absolute atomic E-state index is 12.8. The van der Waals surface area contributed by atoms with Crippen LogP contribution in [0.15, 0.2) is 23.4 Å². The summed E-state index contributed by atoms with van der Waals surface area (Å²) in [5.74, 6) is -1.50. The van der Waals surface area contributed by atoms with Gasteiger partial charge >= 0.3 is 0 Å².